The molecule has 6 nitrogen and oxygen atoms in total. The molecule has 3 N–H and O–H groups in total. The second kappa shape index (κ2) is 5.09. The molecule has 0 aliphatic heterocycles. The smallest absolute Gasteiger partial charge is 0.317 e. The van der Waals surface area contributed by atoms with E-state index >= 15 is 0 Å². The van der Waals surface area contributed by atoms with Crippen molar-refractivity contribution in [2.45, 2.75) is 0 Å². The number of carboxylic acid groups (broad SMARTS) is 1. The minimum absolute atomic E-state index is 0.116. The molecule has 0 rings (SSSR count). The van der Waals surface area contributed by atoms with E-state index in [1.165, 1.54) is 0 Å². The van der Waals surface area contributed by atoms with E-state index in [4.69, 9.17) is 16.1 Å². The van der Waals surface area contributed by atoms with Crippen LogP contribution in [0.1, 0.15) is 0 Å². The standard InChI is InChI=1S/C6H9N3O3/c7-1-2-9(3-5(8)10)4-6(11)12/h2-4H2,(H2,8,10)(H,11,12). The van der Waals surface area contributed by atoms with Gasteiger partial charge in [-0.25, -0.2) is 0 Å². The molecule has 0 fully saturated rings. The van der Waals surface area contributed by atoms with Gasteiger partial charge in [0, 0.05) is 0 Å². The molecular weight excluding hydrogens is 162 g/mol. The Balaban J connectivity index is 3.96. The van der Waals surface area contributed by atoms with E-state index in [-0.39, 0.29) is 19.6 Å². The predicted octanol–water partition coefficient (Wildman–Crippen LogP) is -1.62. The van der Waals surface area contributed by atoms with Gasteiger partial charge in [-0.3, -0.25) is 14.5 Å². The van der Waals surface area contributed by atoms with Gasteiger partial charge < -0.3 is 10.8 Å². The number of hydrogen-bond acceptors (Lipinski definition) is 4. The fourth-order valence-corrected chi connectivity index (χ4v) is 0.679. The summed E-state index contributed by atoms with van der Waals surface area (Å²) in [7, 11) is 0. The zero-order valence-corrected chi connectivity index (χ0v) is 6.36. The van der Waals surface area contributed by atoms with Crippen molar-refractivity contribution in [2.75, 3.05) is 19.6 Å². The number of amides is 1. The van der Waals surface area contributed by atoms with Crippen molar-refractivity contribution in [1.29, 1.82) is 5.26 Å². The number of carbonyl (C=O) groups excluding carboxylic acids is 1. The van der Waals surface area contributed by atoms with E-state index < -0.39 is 11.9 Å². The first-order chi connectivity index (χ1) is 5.56. The summed E-state index contributed by atoms with van der Waals surface area (Å²) in [5.41, 5.74) is 4.82. The third kappa shape index (κ3) is 5.20. The molecule has 0 aromatic rings. The lowest BCUT2D eigenvalue weighted by molar-refractivity contribution is -0.138. The minimum Gasteiger partial charge on any atom is -0.480 e. The molecule has 0 bridgehead atoms. The average molecular weight is 171 g/mol. The fourth-order valence-electron chi connectivity index (χ4n) is 0.679. The summed E-state index contributed by atoms with van der Waals surface area (Å²) in [6.45, 7) is -0.675. The van der Waals surface area contributed by atoms with E-state index in [1.54, 1.807) is 6.07 Å². The average Bonchev–Trinajstić information content (AvgIpc) is 1.84. The number of nitriles is 1. The van der Waals surface area contributed by atoms with Crippen LogP contribution in [0.25, 0.3) is 0 Å². The molecule has 0 aliphatic rings. The second-order valence-corrected chi connectivity index (χ2v) is 2.16. The highest BCUT2D eigenvalue weighted by molar-refractivity contribution is 5.77. The lowest BCUT2D eigenvalue weighted by atomic mass is 10.4. The summed E-state index contributed by atoms with van der Waals surface area (Å²) in [5, 5.41) is 16.5. The van der Waals surface area contributed by atoms with Crippen molar-refractivity contribution in [2.24, 2.45) is 5.73 Å². The number of carboxylic acids is 1. The van der Waals surface area contributed by atoms with Gasteiger partial charge in [0.25, 0.3) is 0 Å². The van der Waals surface area contributed by atoms with Crippen LogP contribution in [-0.4, -0.2) is 41.5 Å². The van der Waals surface area contributed by atoms with Crippen LogP contribution < -0.4 is 5.73 Å². The fraction of sp³-hybridized carbons (Fsp3) is 0.500. The summed E-state index contributed by atoms with van der Waals surface area (Å²) in [6.07, 6.45) is 0. The molecule has 0 radical (unpaired) electrons. The maximum atomic E-state index is 10.3. The van der Waals surface area contributed by atoms with E-state index in [1.807, 2.05) is 0 Å². The van der Waals surface area contributed by atoms with Crippen molar-refractivity contribution in [3.05, 3.63) is 0 Å². The Morgan fingerprint density at radius 2 is 2.08 bits per heavy atom. The third-order valence-electron chi connectivity index (χ3n) is 1.03. The van der Waals surface area contributed by atoms with E-state index in [2.05, 4.69) is 0 Å². The molecule has 0 aliphatic carbocycles. The third-order valence-corrected chi connectivity index (χ3v) is 1.03. The summed E-state index contributed by atoms with van der Waals surface area (Å²) < 4.78 is 0. The van der Waals surface area contributed by atoms with Crippen molar-refractivity contribution >= 4 is 11.9 Å². The Bertz CT molecular complexity index is 205. The number of nitrogens with zero attached hydrogens (tertiary/aromatic N) is 2. The zero-order valence-electron chi connectivity index (χ0n) is 6.36. The second-order valence-electron chi connectivity index (χ2n) is 2.16. The molecule has 0 spiro atoms. The Kier molecular flexibility index (Phi) is 4.41. The van der Waals surface area contributed by atoms with E-state index in [9.17, 15) is 9.59 Å². The molecule has 1 amide bonds. The maximum absolute atomic E-state index is 10.3. The van der Waals surface area contributed by atoms with Gasteiger partial charge in [-0.2, -0.15) is 5.26 Å². The molecule has 0 heterocycles. The van der Waals surface area contributed by atoms with Crippen LogP contribution in [0, 0.1) is 11.3 Å². The van der Waals surface area contributed by atoms with Crippen LogP contribution >= 0.6 is 0 Å². The maximum Gasteiger partial charge on any atom is 0.317 e. The minimum atomic E-state index is -1.09. The molecular formula is C6H9N3O3. The lowest BCUT2D eigenvalue weighted by Gasteiger charge is -2.13. The van der Waals surface area contributed by atoms with Crippen molar-refractivity contribution in [3.63, 3.8) is 0 Å². The van der Waals surface area contributed by atoms with Crippen LogP contribution in [-0.2, 0) is 9.59 Å². The Hall–Kier alpha value is -1.61. The molecule has 0 aromatic heterocycles. The highest BCUT2D eigenvalue weighted by atomic mass is 16.4. The number of nitrogens with two attached hydrogens (primary N) is 1. The van der Waals surface area contributed by atoms with Gasteiger partial charge in [0.05, 0.1) is 25.7 Å². The van der Waals surface area contributed by atoms with Crippen LogP contribution in [0.2, 0.25) is 0 Å². The molecule has 6 heteroatoms. The monoisotopic (exact) mass is 171 g/mol. The normalized spacial score (nSPS) is 9.33. The summed E-state index contributed by atoms with van der Waals surface area (Å²) in [5.74, 6) is -1.74. The Labute approximate surface area is 69.2 Å². The summed E-state index contributed by atoms with van der Waals surface area (Å²) >= 11 is 0. The van der Waals surface area contributed by atoms with Gasteiger partial charge >= 0.3 is 5.97 Å². The molecule has 0 saturated carbocycles. The molecule has 0 unspecified atom stereocenters. The predicted molar refractivity (Wildman–Crippen MR) is 38.9 cm³/mol. The van der Waals surface area contributed by atoms with Gasteiger partial charge in [-0.05, 0) is 0 Å². The Morgan fingerprint density at radius 1 is 1.50 bits per heavy atom. The number of carbonyl (C=O) groups is 2. The summed E-state index contributed by atoms with van der Waals surface area (Å²) in [6, 6.07) is 1.73. The first-order valence-electron chi connectivity index (χ1n) is 3.15. The van der Waals surface area contributed by atoms with E-state index in [0.29, 0.717) is 0 Å². The van der Waals surface area contributed by atoms with Crippen molar-refractivity contribution in [1.82, 2.24) is 4.90 Å². The number of primary amides is 1. The molecule has 0 aromatic carbocycles. The summed E-state index contributed by atoms with van der Waals surface area (Å²) in [4.78, 5) is 21.7. The van der Waals surface area contributed by atoms with Crippen LogP contribution in [0.5, 0.6) is 0 Å². The van der Waals surface area contributed by atoms with Gasteiger partial charge in [0.2, 0.25) is 5.91 Å². The number of hydrogen-bond donors (Lipinski definition) is 2. The zero-order chi connectivity index (χ0) is 9.56. The first-order valence-corrected chi connectivity index (χ1v) is 3.15. The van der Waals surface area contributed by atoms with Crippen molar-refractivity contribution in [3.8, 4) is 6.07 Å². The molecule has 66 valence electrons. The van der Waals surface area contributed by atoms with E-state index in [0.717, 1.165) is 4.90 Å². The first kappa shape index (κ1) is 10.4. The Morgan fingerprint density at radius 3 is 2.42 bits per heavy atom. The topological polar surface area (TPSA) is 107 Å². The van der Waals surface area contributed by atoms with Gasteiger partial charge in [-0.1, -0.05) is 0 Å². The number of rotatable bonds is 5. The van der Waals surface area contributed by atoms with Crippen LogP contribution in [0.3, 0.4) is 0 Å². The number of aliphatic carboxylic acids is 1. The van der Waals surface area contributed by atoms with Crippen LogP contribution in [0.15, 0.2) is 0 Å². The quantitative estimate of drug-likeness (QED) is 0.483. The SMILES string of the molecule is N#CCN(CC(N)=O)CC(=O)O. The van der Waals surface area contributed by atoms with Gasteiger partial charge in [0.1, 0.15) is 0 Å². The lowest BCUT2D eigenvalue weighted by Crippen LogP contribution is -2.37. The van der Waals surface area contributed by atoms with Crippen molar-refractivity contribution < 1.29 is 14.7 Å². The van der Waals surface area contributed by atoms with Gasteiger partial charge in [0.15, 0.2) is 0 Å². The highest BCUT2D eigenvalue weighted by Crippen LogP contribution is 1.85. The largest absolute Gasteiger partial charge is 0.480 e. The van der Waals surface area contributed by atoms with Gasteiger partial charge in [-0.15, -0.1) is 0 Å². The molecule has 0 atom stereocenters. The molecule has 0 saturated heterocycles. The van der Waals surface area contributed by atoms with Crippen LogP contribution in [0.4, 0.5) is 0 Å². The molecule has 12 heavy (non-hydrogen) atoms. The highest BCUT2D eigenvalue weighted by Gasteiger charge is 2.10.